The number of amides is 1. The van der Waals surface area contributed by atoms with E-state index in [1.54, 1.807) is 0 Å². The normalized spacial score (nSPS) is 29.3. The molecule has 0 saturated carbocycles. The van der Waals surface area contributed by atoms with Crippen molar-refractivity contribution in [2.24, 2.45) is 0 Å². The van der Waals surface area contributed by atoms with Crippen LogP contribution in [-0.4, -0.2) is 28.1 Å². The van der Waals surface area contributed by atoms with Crippen LogP contribution in [0.4, 0.5) is 0 Å². The van der Waals surface area contributed by atoms with E-state index in [4.69, 9.17) is 10.2 Å². The van der Waals surface area contributed by atoms with Crippen LogP contribution in [0.3, 0.4) is 0 Å². The van der Waals surface area contributed by atoms with Crippen molar-refractivity contribution in [1.82, 2.24) is 5.32 Å². The SMILES string of the molecule is O=C1NC(O)/C(=C/O)C1=O. The van der Waals surface area contributed by atoms with E-state index >= 15 is 0 Å². The molecular weight excluding hydrogens is 138 g/mol. The predicted molar refractivity (Wildman–Crippen MR) is 29.9 cm³/mol. The zero-order valence-electron chi connectivity index (χ0n) is 4.87. The van der Waals surface area contributed by atoms with Crippen LogP contribution < -0.4 is 5.32 Å². The molecule has 0 bridgehead atoms. The lowest BCUT2D eigenvalue weighted by Gasteiger charge is -1.97. The van der Waals surface area contributed by atoms with E-state index in [0.29, 0.717) is 6.26 Å². The Morgan fingerprint density at radius 2 is 2.10 bits per heavy atom. The molecule has 1 unspecified atom stereocenters. The van der Waals surface area contributed by atoms with Crippen LogP contribution in [0.15, 0.2) is 11.8 Å². The summed E-state index contributed by atoms with van der Waals surface area (Å²) in [6.45, 7) is 0. The van der Waals surface area contributed by atoms with Gasteiger partial charge >= 0.3 is 0 Å². The first-order valence-corrected chi connectivity index (χ1v) is 2.54. The van der Waals surface area contributed by atoms with Crippen LogP contribution >= 0.6 is 0 Å². The van der Waals surface area contributed by atoms with Crippen molar-refractivity contribution in [2.75, 3.05) is 0 Å². The fourth-order valence-electron chi connectivity index (χ4n) is 0.652. The minimum absolute atomic E-state index is 0.315. The molecule has 0 aromatic carbocycles. The van der Waals surface area contributed by atoms with Crippen molar-refractivity contribution in [1.29, 1.82) is 0 Å². The molecule has 1 aliphatic rings. The van der Waals surface area contributed by atoms with Gasteiger partial charge < -0.3 is 15.5 Å². The third-order valence-corrected chi connectivity index (χ3v) is 1.17. The maximum absolute atomic E-state index is 10.5. The standard InChI is InChI=1S/C5H5NO4/c7-1-2-3(8)5(10)6-4(2)9/h1,4,7,9H,(H,6,10)/b2-1+. The highest BCUT2D eigenvalue weighted by atomic mass is 16.3. The molecule has 1 fully saturated rings. The summed E-state index contributed by atoms with van der Waals surface area (Å²) in [6, 6.07) is 0. The average Bonchev–Trinajstić information content (AvgIpc) is 2.09. The zero-order valence-corrected chi connectivity index (χ0v) is 4.87. The molecule has 0 aromatic rings. The molecule has 5 nitrogen and oxygen atoms in total. The first-order chi connectivity index (χ1) is 4.66. The highest BCUT2D eigenvalue weighted by Crippen LogP contribution is 2.07. The van der Waals surface area contributed by atoms with Crippen LogP contribution in [0.1, 0.15) is 0 Å². The molecule has 1 atom stereocenters. The Bertz CT molecular complexity index is 220. The predicted octanol–water partition coefficient (Wildman–Crippen LogP) is -1.55. The van der Waals surface area contributed by atoms with E-state index in [0.717, 1.165) is 0 Å². The van der Waals surface area contributed by atoms with E-state index in [-0.39, 0.29) is 5.57 Å². The van der Waals surface area contributed by atoms with Crippen molar-refractivity contribution >= 4 is 11.7 Å². The van der Waals surface area contributed by atoms with E-state index in [9.17, 15) is 9.59 Å². The lowest BCUT2D eigenvalue weighted by Crippen LogP contribution is -2.25. The largest absolute Gasteiger partial charge is 0.515 e. The number of nitrogens with one attached hydrogen (secondary N) is 1. The summed E-state index contributed by atoms with van der Waals surface area (Å²) in [5.41, 5.74) is -0.315. The van der Waals surface area contributed by atoms with Crippen molar-refractivity contribution < 1.29 is 19.8 Å². The van der Waals surface area contributed by atoms with Gasteiger partial charge in [-0.05, 0) is 0 Å². The Kier molecular flexibility index (Phi) is 1.42. The van der Waals surface area contributed by atoms with Gasteiger partial charge in [-0.2, -0.15) is 0 Å². The number of ketones is 1. The molecule has 10 heavy (non-hydrogen) atoms. The fraction of sp³-hybridized carbons (Fsp3) is 0.200. The van der Waals surface area contributed by atoms with Crippen molar-refractivity contribution in [2.45, 2.75) is 6.23 Å². The second-order valence-corrected chi connectivity index (χ2v) is 1.79. The molecular formula is C5H5NO4. The Hall–Kier alpha value is -1.36. The lowest BCUT2D eigenvalue weighted by molar-refractivity contribution is -0.134. The first-order valence-electron chi connectivity index (χ1n) is 2.54. The summed E-state index contributed by atoms with van der Waals surface area (Å²) in [4.78, 5) is 20.9. The first kappa shape index (κ1) is 6.76. The van der Waals surface area contributed by atoms with Crippen molar-refractivity contribution in [3.05, 3.63) is 11.8 Å². The van der Waals surface area contributed by atoms with Crippen LogP contribution in [0.5, 0.6) is 0 Å². The number of hydrogen-bond acceptors (Lipinski definition) is 4. The van der Waals surface area contributed by atoms with Gasteiger partial charge in [0.05, 0.1) is 11.8 Å². The van der Waals surface area contributed by atoms with Gasteiger partial charge in [-0.1, -0.05) is 0 Å². The second-order valence-electron chi connectivity index (χ2n) is 1.79. The van der Waals surface area contributed by atoms with Gasteiger partial charge in [0.15, 0.2) is 6.23 Å². The fourth-order valence-corrected chi connectivity index (χ4v) is 0.652. The molecule has 0 spiro atoms. The number of aliphatic hydroxyl groups excluding tert-OH is 2. The van der Waals surface area contributed by atoms with Gasteiger partial charge in [0.2, 0.25) is 0 Å². The minimum Gasteiger partial charge on any atom is -0.515 e. The van der Waals surface area contributed by atoms with Crippen LogP contribution in [0.2, 0.25) is 0 Å². The number of aliphatic hydroxyl groups is 2. The average molecular weight is 143 g/mol. The summed E-state index contributed by atoms with van der Waals surface area (Å²) < 4.78 is 0. The van der Waals surface area contributed by atoms with Crippen LogP contribution in [0, 0.1) is 0 Å². The highest BCUT2D eigenvalue weighted by Gasteiger charge is 2.34. The molecule has 54 valence electrons. The van der Waals surface area contributed by atoms with Gasteiger partial charge in [0.25, 0.3) is 11.7 Å². The van der Waals surface area contributed by atoms with Crippen LogP contribution in [0.25, 0.3) is 0 Å². The molecule has 1 saturated heterocycles. The van der Waals surface area contributed by atoms with Gasteiger partial charge in [0, 0.05) is 0 Å². The van der Waals surface area contributed by atoms with E-state index < -0.39 is 17.9 Å². The molecule has 3 N–H and O–H groups in total. The summed E-state index contributed by atoms with van der Waals surface area (Å²) in [7, 11) is 0. The number of carbonyl (C=O) groups is 2. The highest BCUT2D eigenvalue weighted by molar-refractivity contribution is 6.45. The number of Topliss-reactive ketones (excluding diaryl/α,β-unsaturated/α-hetero) is 1. The third kappa shape index (κ3) is 0.763. The molecule has 0 aliphatic carbocycles. The maximum Gasteiger partial charge on any atom is 0.294 e. The minimum atomic E-state index is -1.36. The molecule has 5 heteroatoms. The van der Waals surface area contributed by atoms with E-state index in [2.05, 4.69) is 0 Å². The van der Waals surface area contributed by atoms with Crippen LogP contribution in [-0.2, 0) is 9.59 Å². The number of rotatable bonds is 0. The molecule has 1 aliphatic heterocycles. The quantitative estimate of drug-likeness (QED) is 0.217. The summed E-state index contributed by atoms with van der Waals surface area (Å²) >= 11 is 0. The molecule has 1 rings (SSSR count). The van der Waals surface area contributed by atoms with Gasteiger partial charge in [-0.3, -0.25) is 9.59 Å². The summed E-state index contributed by atoms with van der Waals surface area (Å²) in [5.74, 6) is -1.79. The molecule has 0 radical (unpaired) electrons. The Morgan fingerprint density at radius 3 is 2.30 bits per heavy atom. The van der Waals surface area contributed by atoms with Gasteiger partial charge in [0.1, 0.15) is 0 Å². The summed E-state index contributed by atoms with van der Waals surface area (Å²) in [6.07, 6.45) is -0.935. The molecule has 1 heterocycles. The van der Waals surface area contributed by atoms with Crippen molar-refractivity contribution in [3.63, 3.8) is 0 Å². The van der Waals surface area contributed by atoms with E-state index in [1.165, 1.54) is 0 Å². The van der Waals surface area contributed by atoms with Gasteiger partial charge in [-0.25, -0.2) is 0 Å². The number of carbonyl (C=O) groups excluding carboxylic acids is 2. The third-order valence-electron chi connectivity index (χ3n) is 1.17. The number of hydrogen-bond donors (Lipinski definition) is 3. The Morgan fingerprint density at radius 1 is 1.50 bits per heavy atom. The zero-order chi connectivity index (χ0) is 7.72. The van der Waals surface area contributed by atoms with Gasteiger partial charge in [-0.15, -0.1) is 0 Å². The molecule has 1 amide bonds. The van der Waals surface area contributed by atoms with Crippen molar-refractivity contribution in [3.8, 4) is 0 Å². The second kappa shape index (κ2) is 2.11. The molecule has 0 aromatic heterocycles. The summed E-state index contributed by atoms with van der Waals surface area (Å²) in [5, 5.41) is 18.9. The lowest BCUT2D eigenvalue weighted by atomic mass is 10.2. The monoisotopic (exact) mass is 143 g/mol. The van der Waals surface area contributed by atoms with E-state index in [1.807, 2.05) is 5.32 Å². The topological polar surface area (TPSA) is 86.6 Å². The Labute approximate surface area is 56.0 Å². The maximum atomic E-state index is 10.5. The smallest absolute Gasteiger partial charge is 0.294 e. The Balaban J connectivity index is 2.96.